The van der Waals surface area contributed by atoms with Gasteiger partial charge in [-0.3, -0.25) is 0 Å². The summed E-state index contributed by atoms with van der Waals surface area (Å²) in [6, 6.07) is 0. The highest BCUT2D eigenvalue weighted by molar-refractivity contribution is 5.25. The van der Waals surface area contributed by atoms with Gasteiger partial charge in [0.1, 0.15) is 5.60 Å². The molecule has 1 aliphatic carbocycles. The molecule has 1 heterocycles. The maximum atomic E-state index is 6.00. The van der Waals surface area contributed by atoms with Crippen LogP contribution in [0.3, 0.4) is 0 Å². The minimum Gasteiger partial charge on any atom is -0.367 e. The summed E-state index contributed by atoms with van der Waals surface area (Å²) in [5.74, 6) is 0.856. The Bertz CT molecular complexity index is 402. The van der Waals surface area contributed by atoms with Crippen molar-refractivity contribution in [2.45, 2.75) is 58.6 Å². The molecule has 1 aliphatic rings. The molecule has 4 heteroatoms. The summed E-state index contributed by atoms with van der Waals surface area (Å²) < 4.78 is 6.00. The third-order valence-electron chi connectivity index (χ3n) is 3.86. The lowest BCUT2D eigenvalue weighted by Gasteiger charge is -2.28. The fraction of sp³-hybridized carbons (Fsp3) is 0.714. The Morgan fingerprint density at radius 2 is 1.72 bits per heavy atom. The normalized spacial score (nSPS) is 18.2. The smallest absolute Gasteiger partial charge is 0.160 e. The molecule has 18 heavy (non-hydrogen) atoms. The summed E-state index contributed by atoms with van der Waals surface area (Å²) >= 11 is 0. The molecule has 0 atom stereocenters. The number of rotatable bonds is 4. The van der Waals surface area contributed by atoms with Crippen molar-refractivity contribution in [3.05, 3.63) is 22.8 Å². The van der Waals surface area contributed by atoms with Crippen molar-refractivity contribution < 1.29 is 4.74 Å². The third-order valence-corrected chi connectivity index (χ3v) is 3.86. The lowest BCUT2D eigenvalue weighted by Crippen LogP contribution is -2.30. The second kappa shape index (κ2) is 5.33. The molecule has 1 aromatic rings. The fourth-order valence-corrected chi connectivity index (χ4v) is 2.89. The van der Waals surface area contributed by atoms with Crippen molar-refractivity contribution in [1.29, 1.82) is 0 Å². The predicted molar refractivity (Wildman–Crippen MR) is 71.2 cm³/mol. The Labute approximate surface area is 109 Å². The fourth-order valence-electron chi connectivity index (χ4n) is 2.89. The van der Waals surface area contributed by atoms with Gasteiger partial charge in [-0.25, -0.2) is 9.97 Å². The monoisotopic (exact) mass is 249 g/mol. The van der Waals surface area contributed by atoms with Crippen LogP contribution in [0.2, 0.25) is 0 Å². The zero-order valence-electron chi connectivity index (χ0n) is 11.6. The summed E-state index contributed by atoms with van der Waals surface area (Å²) in [5.41, 5.74) is 8.52. The molecule has 0 spiro atoms. The summed E-state index contributed by atoms with van der Waals surface area (Å²) in [6.07, 6.45) is 4.45. The van der Waals surface area contributed by atoms with Crippen LogP contribution in [0.4, 0.5) is 0 Å². The molecule has 0 bridgehead atoms. The summed E-state index contributed by atoms with van der Waals surface area (Å²) in [5, 5.41) is 0. The molecule has 0 saturated heterocycles. The number of aromatic nitrogens is 2. The standard InChI is InChI=1S/C14H23N3O/c1-4-18-14(7-5-6-8-14)13-16-10(2)12(9-15)11(3)17-13/h4-9,15H2,1-3H3. The van der Waals surface area contributed by atoms with Crippen molar-refractivity contribution in [3.8, 4) is 0 Å². The van der Waals surface area contributed by atoms with Gasteiger partial charge in [0.2, 0.25) is 0 Å². The van der Waals surface area contributed by atoms with E-state index in [1.54, 1.807) is 0 Å². The van der Waals surface area contributed by atoms with Gasteiger partial charge in [-0.05, 0) is 46.5 Å². The van der Waals surface area contributed by atoms with Crippen molar-refractivity contribution >= 4 is 0 Å². The first-order chi connectivity index (χ1) is 8.63. The molecule has 2 rings (SSSR count). The van der Waals surface area contributed by atoms with Crippen LogP contribution in [-0.4, -0.2) is 16.6 Å². The van der Waals surface area contributed by atoms with Gasteiger partial charge < -0.3 is 10.5 Å². The maximum absolute atomic E-state index is 6.00. The van der Waals surface area contributed by atoms with Gasteiger partial charge in [0.05, 0.1) is 0 Å². The average Bonchev–Trinajstić information content (AvgIpc) is 2.79. The molecule has 1 aromatic heterocycles. The highest BCUT2D eigenvalue weighted by Crippen LogP contribution is 2.40. The zero-order chi connectivity index (χ0) is 13.2. The van der Waals surface area contributed by atoms with E-state index >= 15 is 0 Å². The molecule has 0 aliphatic heterocycles. The van der Waals surface area contributed by atoms with Crippen LogP contribution in [-0.2, 0) is 16.9 Å². The molecule has 4 nitrogen and oxygen atoms in total. The van der Waals surface area contributed by atoms with Gasteiger partial charge in [0, 0.05) is 30.1 Å². The van der Waals surface area contributed by atoms with Crippen molar-refractivity contribution in [1.82, 2.24) is 9.97 Å². The summed E-state index contributed by atoms with van der Waals surface area (Å²) in [7, 11) is 0. The minimum absolute atomic E-state index is 0.253. The molecule has 0 aromatic carbocycles. The third kappa shape index (κ3) is 2.27. The van der Waals surface area contributed by atoms with E-state index < -0.39 is 0 Å². The Hall–Kier alpha value is -1.00. The largest absolute Gasteiger partial charge is 0.367 e. The van der Waals surface area contributed by atoms with E-state index in [1.165, 1.54) is 12.8 Å². The number of hydrogen-bond donors (Lipinski definition) is 1. The first-order valence-electron chi connectivity index (χ1n) is 6.81. The van der Waals surface area contributed by atoms with Gasteiger partial charge in [-0.15, -0.1) is 0 Å². The molecule has 0 amide bonds. The topological polar surface area (TPSA) is 61.0 Å². The Morgan fingerprint density at radius 1 is 1.17 bits per heavy atom. The van der Waals surface area contributed by atoms with E-state index in [0.717, 1.165) is 35.6 Å². The van der Waals surface area contributed by atoms with Crippen LogP contribution in [0.5, 0.6) is 0 Å². The molecule has 0 unspecified atom stereocenters. The number of hydrogen-bond acceptors (Lipinski definition) is 4. The molecule has 100 valence electrons. The lowest BCUT2D eigenvalue weighted by molar-refractivity contribution is -0.0459. The van der Waals surface area contributed by atoms with Gasteiger partial charge >= 0.3 is 0 Å². The SMILES string of the molecule is CCOC1(c2nc(C)c(CN)c(C)n2)CCCC1. The zero-order valence-corrected chi connectivity index (χ0v) is 11.6. The number of nitrogens with zero attached hydrogens (tertiary/aromatic N) is 2. The number of ether oxygens (including phenoxy) is 1. The second-order valence-electron chi connectivity index (χ2n) is 5.04. The van der Waals surface area contributed by atoms with E-state index in [-0.39, 0.29) is 5.60 Å². The Morgan fingerprint density at radius 3 is 2.17 bits per heavy atom. The van der Waals surface area contributed by atoms with Crippen molar-refractivity contribution in [2.24, 2.45) is 5.73 Å². The summed E-state index contributed by atoms with van der Waals surface area (Å²) in [6.45, 7) is 7.26. The predicted octanol–water partition coefficient (Wildman–Crippen LogP) is 2.36. The molecule has 1 fully saturated rings. The number of aryl methyl sites for hydroxylation is 2. The first kappa shape index (κ1) is 13.4. The van der Waals surface area contributed by atoms with Gasteiger partial charge in [-0.2, -0.15) is 0 Å². The average molecular weight is 249 g/mol. The van der Waals surface area contributed by atoms with Gasteiger partial charge in [0.15, 0.2) is 5.82 Å². The molecular weight excluding hydrogens is 226 g/mol. The van der Waals surface area contributed by atoms with Crippen molar-refractivity contribution in [3.63, 3.8) is 0 Å². The molecule has 1 saturated carbocycles. The van der Waals surface area contributed by atoms with Crippen LogP contribution in [0, 0.1) is 13.8 Å². The van der Waals surface area contributed by atoms with Crippen molar-refractivity contribution in [2.75, 3.05) is 6.61 Å². The molecular formula is C14H23N3O. The minimum atomic E-state index is -0.253. The van der Waals surface area contributed by atoms with Crippen LogP contribution in [0.15, 0.2) is 0 Å². The van der Waals surface area contributed by atoms with Crippen LogP contribution in [0.1, 0.15) is 55.4 Å². The number of nitrogens with two attached hydrogens (primary N) is 1. The van der Waals surface area contributed by atoms with E-state index in [1.807, 2.05) is 20.8 Å². The maximum Gasteiger partial charge on any atom is 0.160 e. The van der Waals surface area contributed by atoms with E-state index in [9.17, 15) is 0 Å². The quantitative estimate of drug-likeness (QED) is 0.889. The van der Waals surface area contributed by atoms with Crippen LogP contribution < -0.4 is 5.73 Å². The van der Waals surface area contributed by atoms with E-state index in [4.69, 9.17) is 10.5 Å². The second-order valence-corrected chi connectivity index (χ2v) is 5.04. The van der Waals surface area contributed by atoms with Crippen LogP contribution in [0.25, 0.3) is 0 Å². The lowest BCUT2D eigenvalue weighted by atomic mass is 10.00. The van der Waals surface area contributed by atoms with Gasteiger partial charge in [-0.1, -0.05) is 0 Å². The highest BCUT2D eigenvalue weighted by atomic mass is 16.5. The van der Waals surface area contributed by atoms with Crippen LogP contribution >= 0.6 is 0 Å². The van der Waals surface area contributed by atoms with Gasteiger partial charge in [0.25, 0.3) is 0 Å². The molecule has 0 radical (unpaired) electrons. The Kier molecular flexibility index (Phi) is 3.97. The first-order valence-corrected chi connectivity index (χ1v) is 6.81. The van der Waals surface area contributed by atoms with E-state index in [0.29, 0.717) is 13.2 Å². The summed E-state index contributed by atoms with van der Waals surface area (Å²) in [4.78, 5) is 9.32. The Balaban J connectivity index is 2.43. The highest BCUT2D eigenvalue weighted by Gasteiger charge is 2.39. The molecule has 2 N–H and O–H groups in total. The van der Waals surface area contributed by atoms with E-state index in [2.05, 4.69) is 9.97 Å².